The van der Waals surface area contributed by atoms with Crippen LogP contribution in [0.15, 0.2) is 0 Å². The lowest BCUT2D eigenvalue weighted by Crippen LogP contribution is -2.41. The summed E-state index contributed by atoms with van der Waals surface area (Å²) in [6.07, 6.45) is 8.98. The summed E-state index contributed by atoms with van der Waals surface area (Å²) in [5.41, 5.74) is 5.76. The molecule has 0 aromatic heterocycles. The summed E-state index contributed by atoms with van der Waals surface area (Å²) in [4.78, 5) is 12.8. The van der Waals surface area contributed by atoms with Gasteiger partial charge in [0.05, 0.1) is 0 Å². The Hall–Kier alpha value is -1.01. The van der Waals surface area contributed by atoms with Crippen molar-refractivity contribution in [3.8, 4) is 12.3 Å². The van der Waals surface area contributed by atoms with Crippen LogP contribution in [-0.2, 0) is 4.79 Å². The number of hydrogen-bond donors (Lipinski definition) is 1. The molecule has 0 aromatic rings. The monoisotopic (exact) mass is 180 g/mol. The quantitative estimate of drug-likeness (QED) is 0.592. The predicted molar refractivity (Wildman–Crippen MR) is 51.8 cm³/mol. The van der Waals surface area contributed by atoms with E-state index in [1.54, 1.807) is 11.9 Å². The number of carbonyl (C=O) groups is 1. The van der Waals surface area contributed by atoms with Crippen LogP contribution in [0, 0.1) is 12.3 Å². The molecule has 0 spiro atoms. The van der Waals surface area contributed by atoms with Crippen LogP contribution in [0.2, 0.25) is 0 Å². The van der Waals surface area contributed by atoms with Gasteiger partial charge in [-0.05, 0) is 31.6 Å². The van der Waals surface area contributed by atoms with E-state index in [1.807, 2.05) is 0 Å². The summed E-state index contributed by atoms with van der Waals surface area (Å²) in [6.45, 7) is 0. The summed E-state index contributed by atoms with van der Waals surface area (Å²) in [7, 11) is 1.77. The lowest BCUT2D eigenvalue weighted by molar-refractivity contribution is -0.126. The third-order valence-corrected chi connectivity index (χ3v) is 2.73. The molecule has 0 aliphatic heterocycles. The number of nitrogens with zero attached hydrogens (tertiary/aromatic N) is 1. The highest BCUT2D eigenvalue weighted by molar-refractivity contribution is 5.92. The molecule has 0 atom stereocenters. The standard InChI is InChI=1S/C10H16N2O/c1-3-10(13)12(2)9-6-4-8(11)5-7-9/h1,8-9H,4-7,11H2,2H3. The van der Waals surface area contributed by atoms with Gasteiger partial charge in [-0.25, -0.2) is 0 Å². The summed E-state index contributed by atoms with van der Waals surface area (Å²) in [6, 6.07) is 0.605. The van der Waals surface area contributed by atoms with E-state index in [0.717, 1.165) is 25.7 Å². The summed E-state index contributed by atoms with van der Waals surface area (Å²) in [5, 5.41) is 0. The smallest absolute Gasteiger partial charge is 0.298 e. The molecular formula is C10H16N2O. The van der Waals surface area contributed by atoms with Gasteiger partial charge < -0.3 is 10.6 Å². The van der Waals surface area contributed by atoms with Crippen LogP contribution < -0.4 is 5.73 Å². The van der Waals surface area contributed by atoms with E-state index in [0.29, 0.717) is 12.1 Å². The van der Waals surface area contributed by atoms with E-state index in [2.05, 4.69) is 5.92 Å². The number of terminal acetylenes is 1. The Bertz CT molecular complexity index is 224. The normalized spacial score (nSPS) is 27.8. The second-order valence-corrected chi connectivity index (χ2v) is 3.63. The topological polar surface area (TPSA) is 46.3 Å². The maximum atomic E-state index is 11.2. The molecule has 3 nitrogen and oxygen atoms in total. The number of nitrogens with two attached hydrogens (primary N) is 1. The largest absolute Gasteiger partial charge is 0.332 e. The maximum absolute atomic E-state index is 11.2. The Morgan fingerprint density at radius 1 is 1.46 bits per heavy atom. The minimum absolute atomic E-state index is 0.222. The van der Waals surface area contributed by atoms with Crippen molar-refractivity contribution >= 4 is 5.91 Å². The zero-order chi connectivity index (χ0) is 9.84. The zero-order valence-electron chi connectivity index (χ0n) is 7.99. The minimum Gasteiger partial charge on any atom is -0.332 e. The average molecular weight is 180 g/mol. The van der Waals surface area contributed by atoms with Crippen LogP contribution in [0.25, 0.3) is 0 Å². The predicted octanol–water partition coefficient (Wildman–Crippen LogP) is 0.348. The lowest BCUT2D eigenvalue weighted by atomic mass is 9.91. The molecule has 13 heavy (non-hydrogen) atoms. The van der Waals surface area contributed by atoms with Gasteiger partial charge >= 0.3 is 0 Å². The number of hydrogen-bond acceptors (Lipinski definition) is 2. The van der Waals surface area contributed by atoms with E-state index in [9.17, 15) is 4.79 Å². The van der Waals surface area contributed by atoms with Crippen molar-refractivity contribution in [1.82, 2.24) is 4.90 Å². The van der Waals surface area contributed by atoms with Gasteiger partial charge in [0.25, 0.3) is 5.91 Å². The second kappa shape index (κ2) is 4.29. The molecule has 1 fully saturated rings. The summed E-state index contributed by atoms with van der Waals surface area (Å²) in [5.74, 6) is 1.91. The van der Waals surface area contributed by atoms with E-state index in [1.165, 1.54) is 0 Å². The van der Waals surface area contributed by atoms with Gasteiger partial charge in [0.1, 0.15) is 0 Å². The fraction of sp³-hybridized carbons (Fsp3) is 0.700. The average Bonchev–Trinajstić information content (AvgIpc) is 2.17. The van der Waals surface area contributed by atoms with E-state index in [4.69, 9.17) is 12.2 Å². The molecule has 72 valence electrons. The molecule has 1 saturated carbocycles. The summed E-state index contributed by atoms with van der Waals surface area (Å²) >= 11 is 0. The van der Waals surface area contributed by atoms with Crippen LogP contribution >= 0.6 is 0 Å². The molecule has 1 aliphatic carbocycles. The molecule has 0 bridgehead atoms. The zero-order valence-corrected chi connectivity index (χ0v) is 7.99. The maximum Gasteiger partial charge on any atom is 0.298 e. The highest BCUT2D eigenvalue weighted by Crippen LogP contribution is 2.20. The van der Waals surface area contributed by atoms with E-state index < -0.39 is 0 Å². The first-order valence-corrected chi connectivity index (χ1v) is 4.64. The molecule has 3 heteroatoms. The van der Waals surface area contributed by atoms with Crippen molar-refractivity contribution in [3.05, 3.63) is 0 Å². The van der Waals surface area contributed by atoms with Crippen LogP contribution in [0.1, 0.15) is 25.7 Å². The van der Waals surface area contributed by atoms with Gasteiger partial charge in [-0.15, -0.1) is 6.42 Å². The highest BCUT2D eigenvalue weighted by atomic mass is 16.2. The minimum atomic E-state index is -0.222. The van der Waals surface area contributed by atoms with Crippen LogP contribution in [0.4, 0.5) is 0 Å². The third-order valence-electron chi connectivity index (χ3n) is 2.73. The SMILES string of the molecule is C#CC(=O)N(C)C1CCC(N)CC1. The molecule has 1 aliphatic rings. The Kier molecular flexibility index (Phi) is 3.32. The number of rotatable bonds is 1. The molecular weight excluding hydrogens is 164 g/mol. The Morgan fingerprint density at radius 3 is 2.46 bits per heavy atom. The Balaban J connectivity index is 2.45. The van der Waals surface area contributed by atoms with Crippen molar-refractivity contribution in [3.63, 3.8) is 0 Å². The second-order valence-electron chi connectivity index (χ2n) is 3.63. The van der Waals surface area contributed by atoms with Gasteiger partial charge in [0.15, 0.2) is 0 Å². The van der Waals surface area contributed by atoms with Crippen molar-refractivity contribution in [1.29, 1.82) is 0 Å². The molecule has 1 amide bonds. The van der Waals surface area contributed by atoms with Gasteiger partial charge in [0.2, 0.25) is 0 Å². The van der Waals surface area contributed by atoms with Crippen molar-refractivity contribution in [2.24, 2.45) is 5.73 Å². The van der Waals surface area contributed by atoms with Gasteiger partial charge in [-0.2, -0.15) is 0 Å². The molecule has 1 rings (SSSR count). The van der Waals surface area contributed by atoms with Crippen LogP contribution in [0.5, 0.6) is 0 Å². The van der Waals surface area contributed by atoms with Crippen LogP contribution in [-0.4, -0.2) is 29.9 Å². The number of carbonyl (C=O) groups excluding carboxylic acids is 1. The number of amides is 1. The lowest BCUT2D eigenvalue weighted by Gasteiger charge is -2.32. The van der Waals surface area contributed by atoms with Crippen molar-refractivity contribution < 1.29 is 4.79 Å². The fourth-order valence-electron chi connectivity index (χ4n) is 1.76. The molecule has 0 aromatic carbocycles. The van der Waals surface area contributed by atoms with Crippen LogP contribution in [0.3, 0.4) is 0 Å². The fourth-order valence-corrected chi connectivity index (χ4v) is 1.76. The first kappa shape index (κ1) is 10.1. The molecule has 2 N–H and O–H groups in total. The Labute approximate surface area is 79.3 Å². The Morgan fingerprint density at radius 2 is 2.00 bits per heavy atom. The van der Waals surface area contributed by atoms with Gasteiger partial charge in [-0.3, -0.25) is 4.79 Å². The third kappa shape index (κ3) is 2.46. The molecule has 0 saturated heterocycles. The van der Waals surface area contributed by atoms with E-state index in [-0.39, 0.29) is 5.91 Å². The van der Waals surface area contributed by atoms with E-state index >= 15 is 0 Å². The first-order chi connectivity index (χ1) is 6.15. The van der Waals surface area contributed by atoms with Gasteiger partial charge in [0, 0.05) is 19.1 Å². The van der Waals surface area contributed by atoms with Crippen molar-refractivity contribution in [2.45, 2.75) is 37.8 Å². The molecule has 0 unspecified atom stereocenters. The van der Waals surface area contributed by atoms with Gasteiger partial charge in [-0.1, -0.05) is 0 Å². The highest BCUT2D eigenvalue weighted by Gasteiger charge is 2.23. The summed E-state index contributed by atoms with van der Waals surface area (Å²) < 4.78 is 0. The van der Waals surface area contributed by atoms with Crippen molar-refractivity contribution in [2.75, 3.05) is 7.05 Å². The molecule has 0 radical (unpaired) electrons. The molecule has 0 heterocycles. The first-order valence-electron chi connectivity index (χ1n) is 4.64.